The molecular weight excluding hydrogens is 469 g/mol. The number of halogens is 1. The van der Waals surface area contributed by atoms with Gasteiger partial charge in [0.1, 0.15) is 11.3 Å². The molecular formula is C18H16INO5S. The Labute approximate surface area is 165 Å². The van der Waals surface area contributed by atoms with E-state index in [2.05, 4.69) is 22.6 Å². The summed E-state index contributed by atoms with van der Waals surface area (Å²) < 4.78 is 40.0. The van der Waals surface area contributed by atoms with Crippen LogP contribution in [0.3, 0.4) is 0 Å². The van der Waals surface area contributed by atoms with Crippen molar-refractivity contribution in [1.29, 1.82) is 0 Å². The van der Waals surface area contributed by atoms with E-state index in [1.54, 1.807) is 42.5 Å². The predicted molar refractivity (Wildman–Crippen MR) is 104 cm³/mol. The number of hydrogen-bond acceptors (Lipinski definition) is 5. The van der Waals surface area contributed by atoms with Crippen LogP contribution in [0.25, 0.3) is 0 Å². The molecule has 1 spiro atoms. The van der Waals surface area contributed by atoms with Gasteiger partial charge in [-0.15, -0.1) is 0 Å². The minimum atomic E-state index is -3.87. The number of fused-ring (bicyclic) bond motifs is 1. The van der Waals surface area contributed by atoms with E-state index in [0.29, 0.717) is 24.3 Å². The van der Waals surface area contributed by atoms with Crippen molar-refractivity contribution in [2.75, 3.05) is 11.4 Å². The molecule has 0 bridgehead atoms. The van der Waals surface area contributed by atoms with E-state index in [0.717, 1.165) is 3.57 Å². The Morgan fingerprint density at radius 2 is 1.92 bits per heavy atom. The molecule has 0 N–H and O–H groups in total. The molecule has 1 atom stereocenters. The third-order valence-electron chi connectivity index (χ3n) is 4.74. The predicted octanol–water partition coefficient (Wildman–Crippen LogP) is 2.95. The lowest BCUT2D eigenvalue weighted by Crippen LogP contribution is -2.57. The summed E-state index contributed by atoms with van der Waals surface area (Å²) in [7, 11) is -2.59. The number of sulfonamides is 1. The van der Waals surface area contributed by atoms with E-state index in [1.807, 2.05) is 6.07 Å². The molecule has 0 aromatic heterocycles. The highest BCUT2D eigenvalue weighted by Gasteiger charge is 2.65. The molecule has 8 heteroatoms. The van der Waals surface area contributed by atoms with Crippen molar-refractivity contribution in [3.8, 4) is 5.75 Å². The molecule has 0 saturated heterocycles. The first-order valence-electron chi connectivity index (χ1n) is 8.05. The second-order valence-electron chi connectivity index (χ2n) is 6.32. The lowest BCUT2D eigenvalue weighted by molar-refractivity contribution is -0.150. The highest BCUT2D eigenvalue weighted by Crippen LogP contribution is 2.56. The highest BCUT2D eigenvalue weighted by atomic mass is 127. The topological polar surface area (TPSA) is 72.9 Å². The number of benzene rings is 2. The summed E-state index contributed by atoms with van der Waals surface area (Å²) in [4.78, 5) is 12.5. The van der Waals surface area contributed by atoms with Crippen LogP contribution in [0.4, 0.5) is 5.69 Å². The number of ether oxygens (including phenoxy) is 2. The van der Waals surface area contributed by atoms with Crippen LogP contribution < -0.4 is 9.04 Å². The van der Waals surface area contributed by atoms with Gasteiger partial charge >= 0.3 is 5.97 Å². The van der Waals surface area contributed by atoms with E-state index >= 15 is 0 Å². The normalized spacial score (nSPS) is 20.2. The first kappa shape index (κ1) is 17.6. The number of rotatable bonds is 3. The summed E-state index contributed by atoms with van der Waals surface area (Å²) in [6.07, 6.45) is 0.0755. The third kappa shape index (κ3) is 2.58. The number of carbonyl (C=O) groups is 1. The van der Waals surface area contributed by atoms with Crippen molar-refractivity contribution in [1.82, 2.24) is 0 Å². The Balaban J connectivity index is 1.94. The SMILES string of the molecule is COC(=O)C1Oc2ccc(I)cc2N(S(=O)(=O)c2ccccc2)C12CC2. The van der Waals surface area contributed by atoms with Crippen LogP contribution in [0.1, 0.15) is 12.8 Å². The average molecular weight is 485 g/mol. The van der Waals surface area contributed by atoms with Gasteiger partial charge in [-0.1, -0.05) is 18.2 Å². The fourth-order valence-electron chi connectivity index (χ4n) is 3.37. The van der Waals surface area contributed by atoms with E-state index in [-0.39, 0.29) is 4.90 Å². The Bertz CT molecular complexity index is 972. The van der Waals surface area contributed by atoms with Crippen LogP contribution in [0, 0.1) is 3.57 Å². The van der Waals surface area contributed by atoms with Gasteiger partial charge in [-0.2, -0.15) is 0 Å². The lowest BCUT2D eigenvalue weighted by atomic mass is 10.1. The fourth-order valence-corrected chi connectivity index (χ4v) is 5.71. The van der Waals surface area contributed by atoms with Crippen LogP contribution in [0.2, 0.25) is 0 Å². The monoisotopic (exact) mass is 485 g/mol. The third-order valence-corrected chi connectivity index (χ3v) is 7.32. The van der Waals surface area contributed by atoms with Crippen molar-refractivity contribution in [3.05, 3.63) is 52.1 Å². The molecule has 2 aromatic rings. The zero-order valence-corrected chi connectivity index (χ0v) is 16.9. The molecule has 6 nitrogen and oxygen atoms in total. The largest absolute Gasteiger partial charge is 0.474 e. The Morgan fingerprint density at radius 1 is 1.23 bits per heavy atom. The van der Waals surface area contributed by atoms with Gasteiger partial charge in [-0.25, -0.2) is 13.2 Å². The van der Waals surface area contributed by atoms with Crippen molar-refractivity contribution >= 4 is 44.3 Å². The first-order chi connectivity index (χ1) is 12.4. The number of methoxy groups -OCH3 is 1. The van der Waals surface area contributed by atoms with Gasteiger partial charge in [-0.3, -0.25) is 4.31 Å². The summed E-state index contributed by atoms with van der Waals surface area (Å²) in [6.45, 7) is 0. The Hall–Kier alpha value is -1.81. The minimum Gasteiger partial charge on any atom is -0.474 e. The number of carbonyl (C=O) groups excluding carboxylic acids is 1. The van der Waals surface area contributed by atoms with Crippen LogP contribution in [-0.2, 0) is 19.6 Å². The zero-order valence-electron chi connectivity index (χ0n) is 13.9. The van der Waals surface area contributed by atoms with Crippen LogP contribution in [0.5, 0.6) is 5.75 Å². The number of hydrogen-bond donors (Lipinski definition) is 0. The van der Waals surface area contributed by atoms with E-state index < -0.39 is 27.6 Å². The van der Waals surface area contributed by atoms with Crippen LogP contribution >= 0.6 is 22.6 Å². The smallest absolute Gasteiger partial charge is 0.349 e. The second-order valence-corrected chi connectivity index (χ2v) is 9.35. The van der Waals surface area contributed by atoms with E-state index in [1.165, 1.54) is 11.4 Å². The molecule has 1 heterocycles. The van der Waals surface area contributed by atoms with Gasteiger partial charge < -0.3 is 9.47 Å². The maximum Gasteiger partial charge on any atom is 0.349 e. The summed E-state index contributed by atoms with van der Waals surface area (Å²) in [6, 6.07) is 13.5. The van der Waals surface area contributed by atoms with Crippen LogP contribution in [0.15, 0.2) is 53.4 Å². The molecule has 1 aliphatic carbocycles. The molecule has 2 aliphatic rings. The summed E-state index contributed by atoms with van der Waals surface area (Å²) >= 11 is 2.13. The second kappa shape index (κ2) is 6.12. The first-order valence-corrected chi connectivity index (χ1v) is 10.6. The van der Waals surface area contributed by atoms with Gasteiger partial charge in [0.15, 0.2) is 0 Å². The molecule has 1 saturated carbocycles. The van der Waals surface area contributed by atoms with Crippen molar-refractivity contribution < 1.29 is 22.7 Å². The summed E-state index contributed by atoms with van der Waals surface area (Å²) in [5.74, 6) is -0.210. The number of esters is 1. The highest BCUT2D eigenvalue weighted by molar-refractivity contribution is 14.1. The lowest BCUT2D eigenvalue weighted by Gasteiger charge is -2.42. The molecule has 4 rings (SSSR count). The Kier molecular flexibility index (Phi) is 4.14. The van der Waals surface area contributed by atoms with E-state index in [4.69, 9.17) is 9.47 Å². The summed E-state index contributed by atoms with van der Waals surface area (Å²) in [5.41, 5.74) is -0.488. The molecule has 1 fully saturated rings. The van der Waals surface area contributed by atoms with Crippen molar-refractivity contribution in [2.45, 2.75) is 29.4 Å². The molecule has 1 unspecified atom stereocenters. The quantitative estimate of drug-likeness (QED) is 0.494. The molecule has 0 amide bonds. The maximum atomic E-state index is 13.5. The molecule has 0 radical (unpaired) electrons. The maximum absolute atomic E-state index is 13.5. The molecule has 136 valence electrons. The fraction of sp³-hybridized carbons (Fsp3) is 0.278. The molecule has 1 aliphatic heterocycles. The van der Waals surface area contributed by atoms with Gasteiger partial charge in [-0.05, 0) is 65.8 Å². The van der Waals surface area contributed by atoms with Gasteiger partial charge in [0, 0.05) is 3.57 Å². The number of anilines is 1. The van der Waals surface area contributed by atoms with Gasteiger partial charge in [0.25, 0.3) is 10.0 Å². The van der Waals surface area contributed by atoms with Gasteiger partial charge in [0.2, 0.25) is 6.10 Å². The Morgan fingerprint density at radius 3 is 2.54 bits per heavy atom. The zero-order chi connectivity index (χ0) is 18.5. The number of nitrogens with zero attached hydrogens (tertiary/aromatic N) is 1. The molecule has 26 heavy (non-hydrogen) atoms. The summed E-state index contributed by atoms with van der Waals surface area (Å²) in [5, 5.41) is 0. The standard InChI is InChI=1S/C18H16INO5S/c1-24-17(21)16-18(9-10-18)20(14-11-12(19)7-8-15(14)25-16)26(22,23)13-5-3-2-4-6-13/h2-8,11,16H,9-10H2,1H3. The van der Waals surface area contributed by atoms with Crippen molar-refractivity contribution in [3.63, 3.8) is 0 Å². The minimum absolute atomic E-state index is 0.182. The van der Waals surface area contributed by atoms with Gasteiger partial charge in [0.05, 0.1) is 17.7 Å². The van der Waals surface area contributed by atoms with E-state index in [9.17, 15) is 13.2 Å². The van der Waals surface area contributed by atoms with Crippen LogP contribution in [-0.4, -0.2) is 33.1 Å². The van der Waals surface area contributed by atoms with Crippen molar-refractivity contribution in [2.24, 2.45) is 0 Å². The molecule has 2 aromatic carbocycles. The average Bonchev–Trinajstić information content (AvgIpc) is 3.41.